The Balaban J connectivity index is 1.80. The lowest BCUT2D eigenvalue weighted by Gasteiger charge is -2.56. The molecule has 2 heterocycles. The minimum Gasteiger partial charge on any atom is -0.493 e. The molecule has 4 aliphatic rings. The molecule has 0 unspecified atom stereocenters. The Morgan fingerprint density at radius 3 is 3.09 bits per heavy atom. The van der Waals surface area contributed by atoms with Gasteiger partial charge in [-0.15, -0.1) is 0 Å². The van der Waals surface area contributed by atoms with E-state index in [1.807, 2.05) is 17.0 Å². The molecule has 1 N–H and O–H groups in total. The number of aliphatic hydroxyl groups is 1. The molecule has 1 aromatic rings. The first-order valence-corrected chi connectivity index (χ1v) is 8.15. The molecule has 5 nitrogen and oxygen atoms in total. The van der Waals surface area contributed by atoms with E-state index < -0.39 is 6.10 Å². The van der Waals surface area contributed by atoms with Crippen molar-refractivity contribution in [3.8, 4) is 11.5 Å². The van der Waals surface area contributed by atoms with Gasteiger partial charge in [-0.3, -0.25) is 4.79 Å². The molecule has 5 rings (SSSR count). The van der Waals surface area contributed by atoms with Crippen LogP contribution >= 0.6 is 0 Å². The summed E-state index contributed by atoms with van der Waals surface area (Å²) in [5.74, 6) is 1.71. The first-order chi connectivity index (χ1) is 11.2. The van der Waals surface area contributed by atoms with Gasteiger partial charge >= 0.3 is 0 Å². The standard InChI is InChI=1S/C18H19NO4/c1-22-14-5-2-10-8-12-11-3-4-13(21)17-18(11,6-7-19(12)9-20)15(10)16(14)23-17/h2-5,9,11-13,17,21H,6-8H2,1H3/t11-,12+,13+,17+,18-/m0/s1. The van der Waals surface area contributed by atoms with Crippen molar-refractivity contribution in [1.29, 1.82) is 0 Å². The number of nitrogens with zero attached hydrogens (tertiary/aromatic N) is 1. The van der Waals surface area contributed by atoms with Gasteiger partial charge in [-0.05, 0) is 24.5 Å². The number of ether oxygens (including phenoxy) is 2. The number of rotatable bonds is 2. The summed E-state index contributed by atoms with van der Waals surface area (Å²) < 4.78 is 11.7. The number of carbonyl (C=O) groups excluding carboxylic acids is 1. The summed E-state index contributed by atoms with van der Waals surface area (Å²) in [6.45, 7) is 0.710. The average molecular weight is 313 g/mol. The number of aliphatic hydroxyl groups excluding tert-OH is 1. The molecule has 1 fully saturated rings. The highest BCUT2D eigenvalue weighted by Crippen LogP contribution is 2.62. The molecular formula is C18H19NO4. The third-order valence-corrected chi connectivity index (χ3v) is 6.26. The summed E-state index contributed by atoms with van der Waals surface area (Å²) in [5.41, 5.74) is 2.19. The SMILES string of the molecule is COc1ccc2c3c1O[C@@H]1[C@H](O)C=C[C@H]4[C@@H](C2)N(C=O)CC[C@]314. The molecule has 1 amide bonds. The quantitative estimate of drug-likeness (QED) is 0.654. The van der Waals surface area contributed by atoms with E-state index in [2.05, 4.69) is 12.1 Å². The first-order valence-electron chi connectivity index (χ1n) is 8.15. The van der Waals surface area contributed by atoms with Crippen molar-refractivity contribution >= 4 is 6.41 Å². The topological polar surface area (TPSA) is 59.0 Å². The van der Waals surface area contributed by atoms with E-state index in [4.69, 9.17) is 9.47 Å². The van der Waals surface area contributed by atoms with Crippen LogP contribution in [0.1, 0.15) is 17.5 Å². The van der Waals surface area contributed by atoms with Crippen molar-refractivity contribution in [3.05, 3.63) is 35.4 Å². The van der Waals surface area contributed by atoms with E-state index in [-0.39, 0.29) is 23.5 Å². The maximum atomic E-state index is 11.5. The molecule has 23 heavy (non-hydrogen) atoms. The first kappa shape index (κ1) is 13.4. The molecule has 1 saturated heterocycles. The van der Waals surface area contributed by atoms with Crippen LogP contribution in [-0.2, 0) is 16.6 Å². The summed E-state index contributed by atoms with van der Waals surface area (Å²) in [6, 6.07) is 4.17. The predicted molar refractivity (Wildman–Crippen MR) is 82.6 cm³/mol. The van der Waals surface area contributed by atoms with Crippen LogP contribution in [0.5, 0.6) is 11.5 Å². The van der Waals surface area contributed by atoms with Gasteiger partial charge in [0.05, 0.1) is 7.11 Å². The molecule has 1 spiro atoms. The summed E-state index contributed by atoms with van der Waals surface area (Å²) in [4.78, 5) is 13.4. The zero-order valence-corrected chi connectivity index (χ0v) is 12.9. The van der Waals surface area contributed by atoms with Crippen molar-refractivity contribution in [2.75, 3.05) is 13.7 Å². The van der Waals surface area contributed by atoms with E-state index in [9.17, 15) is 9.90 Å². The second-order valence-corrected chi connectivity index (χ2v) is 6.98. The van der Waals surface area contributed by atoms with Gasteiger partial charge in [0.1, 0.15) is 12.2 Å². The predicted octanol–water partition coefficient (Wildman–Crippen LogP) is 1.03. The second kappa shape index (κ2) is 4.29. The Hall–Kier alpha value is -2.01. The lowest BCUT2D eigenvalue weighted by molar-refractivity contribution is -0.127. The van der Waals surface area contributed by atoms with Gasteiger partial charge in [-0.25, -0.2) is 0 Å². The van der Waals surface area contributed by atoms with Gasteiger partial charge in [0.2, 0.25) is 6.41 Å². The van der Waals surface area contributed by atoms with Crippen LogP contribution < -0.4 is 9.47 Å². The normalized spacial score (nSPS) is 38.8. The zero-order chi connectivity index (χ0) is 15.8. The molecule has 0 aromatic heterocycles. The third kappa shape index (κ3) is 1.40. The number of piperidine rings is 1. The maximum absolute atomic E-state index is 11.5. The minimum atomic E-state index is -0.627. The van der Waals surface area contributed by atoms with Crippen LogP contribution in [0.3, 0.4) is 0 Å². The maximum Gasteiger partial charge on any atom is 0.209 e. The third-order valence-electron chi connectivity index (χ3n) is 6.26. The zero-order valence-electron chi connectivity index (χ0n) is 12.9. The molecule has 5 atom stereocenters. The molecule has 5 heteroatoms. The lowest BCUT2D eigenvalue weighted by Crippen LogP contribution is -2.65. The van der Waals surface area contributed by atoms with Crippen molar-refractivity contribution in [3.63, 3.8) is 0 Å². The van der Waals surface area contributed by atoms with E-state index >= 15 is 0 Å². The van der Waals surface area contributed by atoms with Crippen LogP contribution in [-0.4, -0.2) is 48.3 Å². The Kier molecular flexibility index (Phi) is 2.51. The summed E-state index contributed by atoms with van der Waals surface area (Å²) in [5, 5.41) is 10.5. The summed E-state index contributed by atoms with van der Waals surface area (Å²) >= 11 is 0. The van der Waals surface area contributed by atoms with Gasteiger partial charge in [0.25, 0.3) is 0 Å². The van der Waals surface area contributed by atoms with Crippen molar-refractivity contribution in [2.45, 2.75) is 36.5 Å². The molecular weight excluding hydrogens is 294 g/mol. The number of hydrogen-bond acceptors (Lipinski definition) is 4. The van der Waals surface area contributed by atoms with Crippen LogP contribution in [0, 0.1) is 5.92 Å². The lowest BCUT2D eigenvalue weighted by atomic mass is 9.53. The Morgan fingerprint density at radius 2 is 2.30 bits per heavy atom. The Morgan fingerprint density at radius 1 is 1.43 bits per heavy atom. The number of hydrogen-bond donors (Lipinski definition) is 1. The van der Waals surface area contributed by atoms with Crippen LogP contribution in [0.4, 0.5) is 0 Å². The molecule has 0 saturated carbocycles. The van der Waals surface area contributed by atoms with Gasteiger partial charge < -0.3 is 19.5 Å². The highest BCUT2D eigenvalue weighted by atomic mass is 16.5. The fourth-order valence-electron chi connectivity index (χ4n) is 5.37. The molecule has 2 aliphatic carbocycles. The van der Waals surface area contributed by atoms with Crippen LogP contribution in [0.15, 0.2) is 24.3 Å². The Bertz CT molecular complexity index is 730. The second-order valence-electron chi connectivity index (χ2n) is 6.98. The minimum absolute atomic E-state index is 0.142. The van der Waals surface area contributed by atoms with Gasteiger partial charge in [0.15, 0.2) is 11.5 Å². The molecule has 1 aromatic carbocycles. The molecule has 2 aliphatic heterocycles. The highest BCUT2D eigenvalue weighted by Gasteiger charge is 2.64. The van der Waals surface area contributed by atoms with Crippen molar-refractivity contribution in [2.24, 2.45) is 5.92 Å². The number of benzene rings is 1. The number of methoxy groups -OCH3 is 1. The highest BCUT2D eigenvalue weighted by molar-refractivity contribution is 5.63. The molecule has 0 radical (unpaired) electrons. The van der Waals surface area contributed by atoms with Crippen molar-refractivity contribution in [1.82, 2.24) is 4.90 Å². The number of carbonyl (C=O) groups is 1. The Labute approximate surface area is 134 Å². The van der Waals surface area contributed by atoms with Crippen LogP contribution in [0.2, 0.25) is 0 Å². The largest absolute Gasteiger partial charge is 0.493 e. The number of amides is 1. The number of likely N-dealkylation sites (tertiary alicyclic amines) is 1. The molecule has 2 bridgehead atoms. The van der Waals surface area contributed by atoms with Gasteiger partial charge in [0, 0.05) is 29.5 Å². The van der Waals surface area contributed by atoms with E-state index in [1.165, 1.54) is 11.1 Å². The summed E-state index contributed by atoms with van der Waals surface area (Å²) in [6.07, 6.45) is 5.62. The summed E-state index contributed by atoms with van der Waals surface area (Å²) in [7, 11) is 1.65. The smallest absolute Gasteiger partial charge is 0.209 e. The van der Waals surface area contributed by atoms with Gasteiger partial charge in [-0.2, -0.15) is 0 Å². The fraction of sp³-hybridized carbons (Fsp3) is 0.500. The van der Waals surface area contributed by atoms with E-state index in [0.29, 0.717) is 6.54 Å². The molecule has 120 valence electrons. The van der Waals surface area contributed by atoms with Crippen LogP contribution in [0.25, 0.3) is 0 Å². The average Bonchev–Trinajstić information content (AvgIpc) is 2.91. The van der Waals surface area contributed by atoms with Gasteiger partial charge in [-0.1, -0.05) is 18.2 Å². The van der Waals surface area contributed by atoms with E-state index in [1.54, 1.807) is 7.11 Å². The monoisotopic (exact) mass is 313 g/mol. The van der Waals surface area contributed by atoms with E-state index in [0.717, 1.165) is 30.8 Å². The fourth-order valence-corrected chi connectivity index (χ4v) is 5.37. The van der Waals surface area contributed by atoms with Crippen molar-refractivity contribution < 1.29 is 19.4 Å².